The smallest absolute Gasteiger partial charge is 0.336 e. The summed E-state index contributed by atoms with van der Waals surface area (Å²) >= 11 is 12.1. The Labute approximate surface area is 263 Å². The summed E-state index contributed by atoms with van der Waals surface area (Å²) in [5, 5.41) is 10.9. The predicted octanol–water partition coefficient (Wildman–Crippen LogP) is 7.95. The number of rotatable bonds is 9. The molecule has 5 rings (SSSR count). The summed E-state index contributed by atoms with van der Waals surface area (Å²) in [5.74, 6) is -0.341. The average molecular weight is 631 g/mol. The Bertz CT molecular complexity index is 1830. The Hall–Kier alpha value is -4.97. The highest BCUT2D eigenvalue weighted by atomic mass is 35.5. The van der Waals surface area contributed by atoms with Crippen LogP contribution in [-0.2, 0) is 11.4 Å². The summed E-state index contributed by atoms with van der Waals surface area (Å²) in [5.41, 5.74) is 8.69. The number of esters is 1. The van der Waals surface area contributed by atoms with Gasteiger partial charge in [-0.3, -0.25) is 0 Å². The molecule has 2 N–H and O–H groups in total. The number of hydrogen-bond donors (Lipinski definition) is 1. The molecule has 0 aliphatic carbocycles. The minimum atomic E-state index is -0.642. The highest BCUT2D eigenvalue weighted by molar-refractivity contribution is 6.35. The lowest BCUT2D eigenvalue weighted by Crippen LogP contribution is -2.21. The molecule has 1 atom stereocenters. The van der Waals surface area contributed by atoms with Crippen LogP contribution in [0.3, 0.4) is 0 Å². The molecule has 0 amide bonds. The Morgan fingerprint density at radius 2 is 1.86 bits per heavy atom. The molecule has 44 heavy (non-hydrogen) atoms. The van der Waals surface area contributed by atoms with Gasteiger partial charge < -0.3 is 24.7 Å². The number of benzene rings is 4. The molecule has 7 nitrogen and oxygen atoms in total. The zero-order valence-corrected chi connectivity index (χ0v) is 24.9. The molecule has 1 aliphatic heterocycles. The van der Waals surface area contributed by atoms with Crippen molar-refractivity contribution in [3.63, 3.8) is 0 Å². The predicted molar refractivity (Wildman–Crippen MR) is 165 cm³/mol. The van der Waals surface area contributed by atoms with E-state index < -0.39 is 11.9 Å². The van der Waals surface area contributed by atoms with Crippen molar-refractivity contribution >= 4 is 35.2 Å². The van der Waals surface area contributed by atoms with Crippen molar-refractivity contribution in [3.05, 3.63) is 135 Å². The normalized spacial score (nSPS) is 14.0. The molecule has 0 aromatic heterocycles. The van der Waals surface area contributed by atoms with Gasteiger partial charge in [0.05, 0.1) is 12.5 Å². The van der Waals surface area contributed by atoms with E-state index in [0.717, 1.165) is 0 Å². The lowest BCUT2D eigenvalue weighted by molar-refractivity contribution is -0.128. The highest BCUT2D eigenvalue weighted by Crippen LogP contribution is 2.45. The molecule has 1 unspecified atom stereocenters. The van der Waals surface area contributed by atoms with Gasteiger partial charge in [-0.15, -0.1) is 0 Å². The van der Waals surface area contributed by atoms with Crippen molar-refractivity contribution in [1.82, 2.24) is 0 Å². The van der Waals surface area contributed by atoms with Gasteiger partial charge in [0.1, 0.15) is 35.6 Å². The number of carbonyl (C=O) groups excluding carboxylic acids is 1. The minimum Gasteiger partial charge on any atom is -0.490 e. The summed E-state index contributed by atoms with van der Waals surface area (Å²) in [6.45, 7) is 2.18. The Kier molecular flexibility index (Phi) is 9.39. The summed E-state index contributed by atoms with van der Waals surface area (Å²) in [7, 11) is 0. The van der Waals surface area contributed by atoms with Crippen molar-refractivity contribution < 1.29 is 28.1 Å². The first-order valence-electron chi connectivity index (χ1n) is 13.5. The van der Waals surface area contributed by atoms with Gasteiger partial charge in [-0.05, 0) is 60.5 Å². The molecule has 10 heteroatoms. The Morgan fingerprint density at radius 1 is 1.05 bits per heavy atom. The number of carbonyl (C=O) groups is 1. The molecular formula is C34H25Cl2FN2O5. The first-order valence-corrected chi connectivity index (χ1v) is 14.2. The van der Waals surface area contributed by atoms with Crippen molar-refractivity contribution in [2.24, 2.45) is 5.73 Å². The van der Waals surface area contributed by atoms with Crippen LogP contribution in [-0.4, -0.2) is 12.6 Å². The fourth-order valence-electron chi connectivity index (χ4n) is 4.65. The number of nitrogens with two attached hydrogens (primary N) is 1. The fourth-order valence-corrected chi connectivity index (χ4v) is 5.12. The molecule has 0 spiro atoms. The zero-order valence-electron chi connectivity index (χ0n) is 23.4. The number of halogens is 3. The van der Waals surface area contributed by atoms with Crippen LogP contribution in [0.25, 0.3) is 6.08 Å². The van der Waals surface area contributed by atoms with Gasteiger partial charge >= 0.3 is 5.97 Å². The van der Waals surface area contributed by atoms with Crippen LogP contribution in [0, 0.1) is 17.1 Å². The number of allylic oxidation sites excluding steroid dienone is 1. The van der Waals surface area contributed by atoms with E-state index in [1.54, 1.807) is 66.7 Å². The van der Waals surface area contributed by atoms with E-state index in [1.807, 2.05) is 6.92 Å². The third kappa shape index (κ3) is 6.81. The molecular weight excluding hydrogens is 606 g/mol. The standard InChI is InChI=1S/C34H25Cl2FN2O5/c1-2-41-31-15-21(8-13-29(31)42-19-22-5-3-4-6-28(22)37)33-25-12-11-24(17-30(25)44-34(39)26(33)18-38)43-32(40)14-9-20-7-10-23(35)16-27(20)36/h3-17,33H,2,19,39H2,1H3/b14-9+. The monoisotopic (exact) mass is 630 g/mol. The second-order valence-electron chi connectivity index (χ2n) is 9.56. The SMILES string of the molecule is CCOc1cc(C2C(C#N)=C(N)Oc3cc(OC(=O)/C=C/c4ccc(Cl)cc4Cl)ccc32)ccc1OCc1ccccc1F. The van der Waals surface area contributed by atoms with E-state index >= 15 is 0 Å². The summed E-state index contributed by atoms with van der Waals surface area (Å²) in [6, 6.07) is 23.5. The molecule has 1 heterocycles. The Balaban J connectivity index is 1.40. The first kappa shape index (κ1) is 30.5. The number of ether oxygens (including phenoxy) is 4. The molecule has 1 aliphatic rings. The quantitative estimate of drug-likeness (QED) is 0.114. The lowest BCUT2D eigenvalue weighted by Gasteiger charge is -2.27. The van der Waals surface area contributed by atoms with Gasteiger partial charge in [-0.25, -0.2) is 9.18 Å². The van der Waals surface area contributed by atoms with Gasteiger partial charge in [-0.2, -0.15) is 5.26 Å². The zero-order chi connectivity index (χ0) is 31.2. The Morgan fingerprint density at radius 3 is 2.61 bits per heavy atom. The van der Waals surface area contributed by atoms with E-state index in [4.69, 9.17) is 47.9 Å². The van der Waals surface area contributed by atoms with Crippen molar-refractivity contribution in [3.8, 4) is 29.1 Å². The lowest BCUT2D eigenvalue weighted by atomic mass is 9.83. The van der Waals surface area contributed by atoms with Gasteiger partial charge in [0, 0.05) is 33.3 Å². The highest BCUT2D eigenvalue weighted by Gasteiger charge is 2.32. The second-order valence-corrected chi connectivity index (χ2v) is 10.4. The van der Waals surface area contributed by atoms with Gasteiger partial charge in [0.25, 0.3) is 0 Å². The van der Waals surface area contributed by atoms with E-state index in [1.165, 1.54) is 24.3 Å². The first-order chi connectivity index (χ1) is 21.3. The fraction of sp³-hybridized carbons (Fsp3) is 0.118. The minimum absolute atomic E-state index is 0.00587. The number of nitriles is 1. The second kappa shape index (κ2) is 13.6. The van der Waals surface area contributed by atoms with Gasteiger partial charge in [0.2, 0.25) is 5.88 Å². The van der Waals surface area contributed by atoms with Crippen LogP contribution in [0.2, 0.25) is 10.0 Å². The van der Waals surface area contributed by atoms with Gasteiger partial charge in [0.15, 0.2) is 11.5 Å². The maximum Gasteiger partial charge on any atom is 0.336 e. The largest absolute Gasteiger partial charge is 0.490 e. The van der Waals surface area contributed by atoms with Crippen LogP contribution in [0.4, 0.5) is 4.39 Å². The molecule has 0 bridgehead atoms. The number of fused-ring (bicyclic) bond motifs is 1. The summed E-state index contributed by atoms with van der Waals surface area (Å²) < 4.78 is 37.1. The molecule has 4 aromatic carbocycles. The maximum atomic E-state index is 14.1. The molecule has 222 valence electrons. The van der Waals surface area contributed by atoms with Crippen LogP contribution in [0.5, 0.6) is 23.0 Å². The van der Waals surface area contributed by atoms with Crippen LogP contribution in [0.1, 0.15) is 35.1 Å². The van der Waals surface area contributed by atoms with Crippen molar-refractivity contribution in [2.75, 3.05) is 6.61 Å². The van der Waals surface area contributed by atoms with Crippen LogP contribution < -0.4 is 24.7 Å². The summed E-state index contributed by atoms with van der Waals surface area (Å²) in [4.78, 5) is 12.5. The van der Waals surface area contributed by atoms with E-state index in [2.05, 4.69) is 6.07 Å². The molecule has 0 radical (unpaired) electrons. The molecule has 0 saturated carbocycles. The van der Waals surface area contributed by atoms with Crippen LogP contribution in [0.15, 0.2) is 96.4 Å². The maximum absolute atomic E-state index is 14.1. The third-order valence-corrected chi connectivity index (χ3v) is 7.27. The van der Waals surface area contributed by atoms with Gasteiger partial charge in [-0.1, -0.05) is 59.6 Å². The van der Waals surface area contributed by atoms with Crippen molar-refractivity contribution in [2.45, 2.75) is 19.4 Å². The van der Waals surface area contributed by atoms with E-state index in [9.17, 15) is 14.4 Å². The van der Waals surface area contributed by atoms with Crippen LogP contribution >= 0.6 is 23.2 Å². The topological polar surface area (TPSA) is 104 Å². The molecule has 0 fully saturated rings. The van der Waals surface area contributed by atoms with E-state index in [0.29, 0.717) is 56.2 Å². The number of nitrogens with zero attached hydrogens (tertiary/aromatic N) is 1. The molecule has 4 aromatic rings. The molecule has 0 saturated heterocycles. The average Bonchev–Trinajstić information content (AvgIpc) is 3.00. The van der Waals surface area contributed by atoms with E-state index in [-0.39, 0.29) is 29.6 Å². The van der Waals surface area contributed by atoms with Crippen molar-refractivity contribution in [1.29, 1.82) is 5.26 Å². The number of hydrogen-bond acceptors (Lipinski definition) is 7. The summed E-state index contributed by atoms with van der Waals surface area (Å²) in [6.07, 6.45) is 2.76. The third-order valence-electron chi connectivity index (χ3n) is 6.71.